The Morgan fingerprint density at radius 2 is 2.23 bits per heavy atom. The molecule has 0 atom stereocenters. The second-order valence-electron chi connectivity index (χ2n) is 2.78. The molecule has 0 unspecified atom stereocenters. The summed E-state index contributed by atoms with van der Waals surface area (Å²) >= 11 is 5.98. The van der Waals surface area contributed by atoms with Gasteiger partial charge in [-0.05, 0) is 24.1 Å². The van der Waals surface area contributed by atoms with Crippen molar-refractivity contribution in [3.8, 4) is 11.8 Å². The Bertz CT molecular complexity index is 355. The summed E-state index contributed by atoms with van der Waals surface area (Å²) in [7, 11) is 1.57. The van der Waals surface area contributed by atoms with Crippen molar-refractivity contribution in [2.75, 3.05) is 7.11 Å². The van der Waals surface area contributed by atoms with Gasteiger partial charge in [0, 0.05) is 0 Å². The third kappa shape index (κ3) is 2.13. The minimum absolute atomic E-state index is 0.316. The topological polar surface area (TPSA) is 33.0 Å². The van der Waals surface area contributed by atoms with E-state index in [0.717, 1.165) is 11.1 Å². The first-order chi connectivity index (χ1) is 6.19. The zero-order valence-electron chi connectivity index (χ0n) is 7.60. The van der Waals surface area contributed by atoms with E-state index in [4.69, 9.17) is 21.6 Å². The lowest BCUT2D eigenvalue weighted by Crippen LogP contribution is -1.91. The smallest absolute Gasteiger partial charge is 0.138 e. The van der Waals surface area contributed by atoms with Crippen molar-refractivity contribution >= 4 is 11.6 Å². The lowest BCUT2D eigenvalue weighted by molar-refractivity contribution is 0.414. The zero-order valence-corrected chi connectivity index (χ0v) is 8.35. The number of hydrogen-bond acceptors (Lipinski definition) is 2. The molecule has 0 aromatic heterocycles. The normalized spacial score (nSPS) is 9.38. The van der Waals surface area contributed by atoms with Crippen molar-refractivity contribution < 1.29 is 4.74 Å². The van der Waals surface area contributed by atoms with Gasteiger partial charge in [0.2, 0.25) is 0 Å². The van der Waals surface area contributed by atoms with Gasteiger partial charge in [0.05, 0.1) is 24.6 Å². The van der Waals surface area contributed by atoms with Crippen molar-refractivity contribution in [3.05, 3.63) is 28.3 Å². The fraction of sp³-hybridized carbons (Fsp3) is 0.300. The van der Waals surface area contributed by atoms with E-state index in [1.165, 1.54) is 0 Å². The number of methoxy groups -OCH3 is 1. The second kappa shape index (κ2) is 4.15. The number of halogens is 1. The van der Waals surface area contributed by atoms with Gasteiger partial charge in [0.25, 0.3) is 0 Å². The molecule has 0 aliphatic carbocycles. The molecule has 2 nitrogen and oxygen atoms in total. The molecule has 13 heavy (non-hydrogen) atoms. The van der Waals surface area contributed by atoms with Gasteiger partial charge in [-0.1, -0.05) is 17.7 Å². The Hall–Kier alpha value is -1.20. The first-order valence-electron chi connectivity index (χ1n) is 3.89. The van der Waals surface area contributed by atoms with Crippen LogP contribution in [0.2, 0.25) is 5.02 Å². The maximum atomic E-state index is 8.55. The van der Waals surface area contributed by atoms with Crippen LogP contribution in [0.3, 0.4) is 0 Å². The summed E-state index contributed by atoms with van der Waals surface area (Å²) in [4.78, 5) is 0. The standard InChI is InChI=1S/C10H10ClNO/c1-7-5-8(3-4-12)10(11)9(6-7)13-2/h5-6H,3H2,1-2H3. The van der Waals surface area contributed by atoms with E-state index in [0.29, 0.717) is 17.2 Å². The SMILES string of the molecule is COc1cc(C)cc(CC#N)c1Cl. The largest absolute Gasteiger partial charge is 0.495 e. The molecule has 0 aliphatic rings. The zero-order chi connectivity index (χ0) is 9.84. The Labute approximate surface area is 82.7 Å². The van der Waals surface area contributed by atoms with Crippen LogP contribution < -0.4 is 4.74 Å². The Morgan fingerprint density at radius 3 is 2.77 bits per heavy atom. The van der Waals surface area contributed by atoms with Crippen LogP contribution in [-0.2, 0) is 6.42 Å². The summed E-state index contributed by atoms with van der Waals surface area (Å²) in [5.41, 5.74) is 1.87. The van der Waals surface area contributed by atoms with Crippen LogP contribution in [0.5, 0.6) is 5.75 Å². The van der Waals surface area contributed by atoms with Crippen LogP contribution in [0, 0.1) is 18.3 Å². The van der Waals surface area contributed by atoms with E-state index < -0.39 is 0 Å². The van der Waals surface area contributed by atoms with E-state index in [9.17, 15) is 0 Å². The summed E-state index contributed by atoms with van der Waals surface area (Å²) in [5.74, 6) is 0.631. The predicted molar refractivity (Wildman–Crippen MR) is 52.1 cm³/mol. The average Bonchev–Trinajstić information content (AvgIpc) is 2.11. The number of benzene rings is 1. The Morgan fingerprint density at radius 1 is 1.54 bits per heavy atom. The summed E-state index contributed by atoms with van der Waals surface area (Å²) < 4.78 is 5.07. The Kier molecular flexibility index (Phi) is 3.16. The highest BCUT2D eigenvalue weighted by Crippen LogP contribution is 2.29. The van der Waals surface area contributed by atoms with Crippen molar-refractivity contribution in [2.45, 2.75) is 13.3 Å². The predicted octanol–water partition coefficient (Wildman–Crippen LogP) is 2.72. The summed E-state index contributed by atoms with van der Waals surface area (Å²) in [5, 5.41) is 9.09. The van der Waals surface area contributed by atoms with Gasteiger partial charge in [-0.25, -0.2) is 0 Å². The molecule has 1 aromatic carbocycles. The molecule has 0 spiro atoms. The van der Waals surface area contributed by atoms with E-state index in [1.54, 1.807) is 7.11 Å². The molecule has 0 fully saturated rings. The molecular weight excluding hydrogens is 186 g/mol. The molecule has 3 heteroatoms. The fourth-order valence-corrected chi connectivity index (χ4v) is 1.42. The van der Waals surface area contributed by atoms with Crippen LogP contribution in [0.25, 0.3) is 0 Å². The molecule has 0 heterocycles. The van der Waals surface area contributed by atoms with Gasteiger partial charge in [-0.15, -0.1) is 0 Å². The third-order valence-corrected chi connectivity index (χ3v) is 2.18. The second-order valence-corrected chi connectivity index (χ2v) is 3.15. The lowest BCUT2D eigenvalue weighted by atomic mass is 10.1. The number of ether oxygens (including phenoxy) is 1. The van der Waals surface area contributed by atoms with Crippen molar-refractivity contribution in [3.63, 3.8) is 0 Å². The van der Waals surface area contributed by atoms with Crippen molar-refractivity contribution in [1.29, 1.82) is 5.26 Å². The molecule has 0 saturated carbocycles. The number of rotatable bonds is 2. The third-order valence-electron chi connectivity index (χ3n) is 1.75. The van der Waals surface area contributed by atoms with Gasteiger partial charge in [-0.2, -0.15) is 5.26 Å². The van der Waals surface area contributed by atoms with Gasteiger partial charge >= 0.3 is 0 Å². The van der Waals surface area contributed by atoms with E-state index in [-0.39, 0.29) is 0 Å². The van der Waals surface area contributed by atoms with Crippen LogP contribution in [0.1, 0.15) is 11.1 Å². The maximum absolute atomic E-state index is 8.55. The highest BCUT2D eigenvalue weighted by Gasteiger charge is 2.07. The Balaban J connectivity index is 3.20. The fourth-order valence-electron chi connectivity index (χ4n) is 1.17. The minimum Gasteiger partial charge on any atom is -0.495 e. The number of aryl methyl sites for hydroxylation is 1. The molecule has 68 valence electrons. The number of nitriles is 1. The van der Waals surface area contributed by atoms with Crippen LogP contribution in [-0.4, -0.2) is 7.11 Å². The van der Waals surface area contributed by atoms with Crippen molar-refractivity contribution in [1.82, 2.24) is 0 Å². The molecule has 1 rings (SSSR count). The first-order valence-corrected chi connectivity index (χ1v) is 4.26. The molecule has 0 amide bonds. The van der Waals surface area contributed by atoms with E-state index in [2.05, 4.69) is 6.07 Å². The van der Waals surface area contributed by atoms with Crippen LogP contribution >= 0.6 is 11.6 Å². The van der Waals surface area contributed by atoms with Crippen molar-refractivity contribution in [2.24, 2.45) is 0 Å². The molecule has 0 N–H and O–H groups in total. The maximum Gasteiger partial charge on any atom is 0.138 e. The van der Waals surface area contributed by atoms with Gasteiger partial charge in [-0.3, -0.25) is 0 Å². The number of hydrogen-bond donors (Lipinski definition) is 0. The summed E-state index contributed by atoms with van der Waals surface area (Å²) in [6, 6.07) is 5.81. The van der Waals surface area contributed by atoms with Crippen LogP contribution in [0.15, 0.2) is 12.1 Å². The highest BCUT2D eigenvalue weighted by atomic mass is 35.5. The lowest BCUT2D eigenvalue weighted by Gasteiger charge is -2.07. The van der Waals surface area contributed by atoms with Gasteiger partial charge in [0.15, 0.2) is 0 Å². The quantitative estimate of drug-likeness (QED) is 0.727. The van der Waals surface area contributed by atoms with E-state index >= 15 is 0 Å². The molecule has 0 radical (unpaired) electrons. The summed E-state index contributed by atoms with van der Waals surface area (Å²) in [6.45, 7) is 1.94. The monoisotopic (exact) mass is 195 g/mol. The molecule has 0 bridgehead atoms. The van der Waals surface area contributed by atoms with Gasteiger partial charge < -0.3 is 4.74 Å². The number of nitrogens with zero attached hydrogens (tertiary/aromatic N) is 1. The van der Waals surface area contributed by atoms with Gasteiger partial charge in [0.1, 0.15) is 5.75 Å². The van der Waals surface area contributed by atoms with Crippen LogP contribution in [0.4, 0.5) is 0 Å². The first kappa shape index (κ1) is 9.88. The molecular formula is C10H10ClNO. The molecule has 0 saturated heterocycles. The highest BCUT2D eigenvalue weighted by molar-refractivity contribution is 6.32. The molecule has 1 aromatic rings. The average molecular weight is 196 g/mol. The summed E-state index contributed by atoms with van der Waals surface area (Å²) in [6.07, 6.45) is 0.316. The minimum atomic E-state index is 0.316. The molecule has 0 aliphatic heterocycles. The van der Waals surface area contributed by atoms with E-state index in [1.807, 2.05) is 19.1 Å².